The summed E-state index contributed by atoms with van der Waals surface area (Å²) in [6.07, 6.45) is 3.96. The number of hydrogen-bond acceptors (Lipinski definition) is 5. The molecule has 1 aromatic heterocycles. The van der Waals surface area contributed by atoms with Crippen LogP contribution in [-0.4, -0.2) is 24.5 Å². The van der Waals surface area contributed by atoms with Crippen LogP contribution in [0.4, 0.5) is 0 Å². The van der Waals surface area contributed by atoms with Crippen LogP contribution in [0.5, 0.6) is 11.5 Å². The highest BCUT2D eigenvalue weighted by molar-refractivity contribution is 7.12. The van der Waals surface area contributed by atoms with Crippen molar-refractivity contribution >= 4 is 29.2 Å². The molecule has 0 bridgehead atoms. The van der Waals surface area contributed by atoms with E-state index in [9.17, 15) is 9.59 Å². The average molecular weight is 372 g/mol. The molecule has 2 heterocycles. The highest BCUT2D eigenvalue weighted by Crippen LogP contribution is 2.35. The molecule has 6 nitrogen and oxygen atoms in total. The largest absolute Gasteiger partial charge is 0.493 e. The number of amides is 2. The predicted octanol–water partition coefficient (Wildman–Crippen LogP) is 2.94. The van der Waals surface area contributed by atoms with Gasteiger partial charge in [-0.2, -0.15) is 0 Å². The Morgan fingerprint density at radius 2 is 2.23 bits per heavy atom. The zero-order chi connectivity index (χ0) is 18.5. The molecule has 2 N–H and O–H groups in total. The van der Waals surface area contributed by atoms with Crippen LogP contribution in [0.15, 0.2) is 35.7 Å². The molecule has 0 radical (unpaired) electrons. The second-order valence-corrected chi connectivity index (χ2v) is 6.77. The highest BCUT2D eigenvalue weighted by atomic mass is 32.1. The van der Waals surface area contributed by atoms with Gasteiger partial charge in [-0.15, -0.1) is 11.3 Å². The Kier molecular flexibility index (Phi) is 5.58. The number of rotatable bonds is 5. The Hall–Kier alpha value is -2.80. The summed E-state index contributed by atoms with van der Waals surface area (Å²) in [6.45, 7) is 4.45. The summed E-state index contributed by atoms with van der Waals surface area (Å²) >= 11 is 1.30. The van der Waals surface area contributed by atoms with E-state index >= 15 is 0 Å². The van der Waals surface area contributed by atoms with E-state index in [4.69, 9.17) is 9.47 Å². The number of benzene rings is 1. The van der Waals surface area contributed by atoms with Gasteiger partial charge in [0.1, 0.15) is 17.6 Å². The molecule has 7 heteroatoms. The van der Waals surface area contributed by atoms with Crippen molar-refractivity contribution in [3.8, 4) is 11.5 Å². The molecule has 1 aliphatic rings. The minimum Gasteiger partial charge on any atom is -0.493 e. The van der Waals surface area contributed by atoms with Crippen molar-refractivity contribution in [1.82, 2.24) is 10.9 Å². The number of carbonyl (C=O) groups is 2. The molecular weight excluding hydrogens is 352 g/mol. The van der Waals surface area contributed by atoms with Gasteiger partial charge in [0, 0.05) is 23.6 Å². The van der Waals surface area contributed by atoms with Crippen LogP contribution >= 0.6 is 11.3 Å². The lowest BCUT2D eigenvalue weighted by Crippen LogP contribution is -2.40. The van der Waals surface area contributed by atoms with E-state index in [1.807, 2.05) is 26.0 Å². The first-order valence-electron chi connectivity index (χ1n) is 8.35. The molecule has 136 valence electrons. The van der Waals surface area contributed by atoms with Gasteiger partial charge in [0.15, 0.2) is 0 Å². The summed E-state index contributed by atoms with van der Waals surface area (Å²) in [6, 6.07) is 7.28. The third-order valence-corrected chi connectivity index (χ3v) is 4.66. The van der Waals surface area contributed by atoms with E-state index in [-0.39, 0.29) is 12.0 Å². The molecule has 0 saturated heterocycles. The van der Waals surface area contributed by atoms with Gasteiger partial charge >= 0.3 is 0 Å². The minimum absolute atomic E-state index is 0.134. The van der Waals surface area contributed by atoms with Crippen molar-refractivity contribution in [3.63, 3.8) is 0 Å². The topological polar surface area (TPSA) is 76.7 Å². The molecule has 2 aromatic rings. The Morgan fingerprint density at radius 1 is 1.38 bits per heavy atom. The van der Waals surface area contributed by atoms with Crippen LogP contribution in [0.1, 0.15) is 34.6 Å². The lowest BCUT2D eigenvalue weighted by Gasteiger charge is -2.10. The molecule has 0 fully saturated rings. The third kappa shape index (κ3) is 4.23. The average Bonchev–Trinajstić information content (AvgIpc) is 3.26. The van der Waals surface area contributed by atoms with E-state index in [1.54, 1.807) is 23.6 Å². The number of hydrogen-bond donors (Lipinski definition) is 2. The van der Waals surface area contributed by atoms with Crippen LogP contribution in [0.3, 0.4) is 0 Å². The lowest BCUT2D eigenvalue weighted by molar-refractivity contribution is -0.117. The molecule has 0 aliphatic carbocycles. The van der Waals surface area contributed by atoms with Crippen molar-refractivity contribution in [2.24, 2.45) is 0 Å². The van der Waals surface area contributed by atoms with Crippen LogP contribution in [0.2, 0.25) is 0 Å². The van der Waals surface area contributed by atoms with E-state index in [0.717, 1.165) is 23.3 Å². The Labute approximate surface area is 155 Å². The first kappa shape index (κ1) is 18.0. The fourth-order valence-electron chi connectivity index (χ4n) is 2.66. The van der Waals surface area contributed by atoms with E-state index in [0.29, 0.717) is 17.2 Å². The normalized spacial score (nSPS) is 15.4. The maximum absolute atomic E-state index is 12.0. The van der Waals surface area contributed by atoms with Crippen LogP contribution in [-0.2, 0) is 11.2 Å². The van der Waals surface area contributed by atoms with Gasteiger partial charge in [-0.05, 0) is 43.5 Å². The van der Waals surface area contributed by atoms with Crippen molar-refractivity contribution < 1.29 is 19.1 Å². The van der Waals surface area contributed by atoms with Crippen molar-refractivity contribution in [1.29, 1.82) is 0 Å². The van der Waals surface area contributed by atoms with E-state index in [1.165, 1.54) is 17.4 Å². The smallest absolute Gasteiger partial charge is 0.279 e. The number of thiophene rings is 1. The number of fused-ring (bicyclic) bond motifs is 1. The van der Waals surface area contributed by atoms with Gasteiger partial charge < -0.3 is 9.47 Å². The Balaban J connectivity index is 1.66. The maximum Gasteiger partial charge on any atom is 0.279 e. The van der Waals surface area contributed by atoms with Crippen molar-refractivity contribution in [2.45, 2.75) is 26.4 Å². The van der Waals surface area contributed by atoms with Gasteiger partial charge in [-0.3, -0.25) is 20.4 Å². The fraction of sp³-hybridized carbons (Fsp3) is 0.263. The second kappa shape index (κ2) is 8.05. The minimum atomic E-state index is -0.438. The standard InChI is InChI=1S/C19H20N2O4S/c1-3-24-15-11-14-9-12(2)25-16(14)10-13(15)6-7-18(22)20-21-19(23)17-5-4-8-26-17/h4-8,10-12H,3,9H2,1-2H3,(H,20,22)(H,21,23)/b7-6+/t12-/m0/s1. The molecule has 0 spiro atoms. The quantitative estimate of drug-likeness (QED) is 0.625. The molecule has 3 rings (SSSR count). The van der Waals surface area contributed by atoms with E-state index in [2.05, 4.69) is 10.9 Å². The summed E-state index contributed by atoms with van der Waals surface area (Å²) in [5, 5.41) is 1.79. The van der Waals surface area contributed by atoms with Crippen molar-refractivity contribution in [2.75, 3.05) is 6.61 Å². The molecule has 1 aromatic carbocycles. The summed E-state index contributed by atoms with van der Waals surface area (Å²) < 4.78 is 11.4. The Morgan fingerprint density at radius 3 is 2.96 bits per heavy atom. The zero-order valence-corrected chi connectivity index (χ0v) is 15.4. The molecule has 1 aliphatic heterocycles. The monoisotopic (exact) mass is 372 g/mol. The summed E-state index contributed by atoms with van der Waals surface area (Å²) in [5.74, 6) is 0.728. The van der Waals surface area contributed by atoms with Gasteiger partial charge in [0.2, 0.25) is 0 Å². The number of hydrazine groups is 1. The SMILES string of the molecule is CCOc1cc2c(cc1/C=C/C(=O)NNC(=O)c1cccs1)O[C@@H](C)C2. The molecule has 0 saturated carbocycles. The number of nitrogens with one attached hydrogen (secondary N) is 2. The Bertz CT molecular complexity index is 830. The van der Waals surface area contributed by atoms with Gasteiger partial charge in [0.25, 0.3) is 11.8 Å². The molecule has 0 unspecified atom stereocenters. The molecule has 2 amide bonds. The number of ether oxygens (including phenoxy) is 2. The zero-order valence-electron chi connectivity index (χ0n) is 14.6. The second-order valence-electron chi connectivity index (χ2n) is 5.82. The maximum atomic E-state index is 12.0. The lowest BCUT2D eigenvalue weighted by atomic mass is 10.1. The first-order chi connectivity index (χ1) is 12.6. The van der Waals surface area contributed by atoms with Gasteiger partial charge in [-0.1, -0.05) is 6.07 Å². The summed E-state index contributed by atoms with van der Waals surface area (Å²) in [7, 11) is 0. The van der Waals surface area contributed by atoms with Gasteiger partial charge in [-0.25, -0.2) is 0 Å². The van der Waals surface area contributed by atoms with Crippen LogP contribution in [0.25, 0.3) is 6.08 Å². The molecule has 1 atom stereocenters. The van der Waals surface area contributed by atoms with Crippen LogP contribution in [0, 0.1) is 0 Å². The molecule has 26 heavy (non-hydrogen) atoms. The highest BCUT2D eigenvalue weighted by Gasteiger charge is 2.21. The number of carbonyl (C=O) groups excluding carboxylic acids is 2. The van der Waals surface area contributed by atoms with Crippen LogP contribution < -0.4 is 20.3 Å². The van der Waals surface area contributed by atoms with E-state index < -0.39 is 5.91 Å². The van der Waals surface area contributed by atoms with Crippen molar-refractivity contribution in [3.05, 3.63) is 51.7 Å². The molecular formula is C19H20N2O4S. The predicted molar refractivity (Wildman–Crippen MR) is 100 cm³/mol. The third-order valence-electron chi connectivity index (χ3n) is 3.79. The van der Waals surface area contributed by atoms with Gasteiger partial charge in [0.05, 0.1) is 11.5 Å². The first-order valence-corrected chi connectivity index (χ1v) is 9.23. The summed E-state index contributed by atoms with van der Waals surface area (Å²) in [5.41, 5.74) is 6.59. The summed E-state index contributed by atoms with van der Waals surface area (Å²) in [4.78, 5) is 24.3. The fourth-order valence-corrected chi connectivity index (χ4v) is 3.28.